The van der Waals surface area contributed by atoms with Gasteiger partial charge in [-0.15, -0.1) is 10.2 Å². The summed E-state index contributed by atoms with van der Waals surface area (Å²) in [5.74, 6) is -0.212. The van der Waals surface area contributed by atoms with Crippen molar-refractivity contribution in [2.24, 2.45) is 0 Å². The molecule has 0 unspecified atom stereocenters. The average molecular weight is 336 g/mol. The van der Waals surface area contributed by atoms with E-state index in [4.69, 9.17) is 0 Å². The van der Waals surface area contributed by atoms with Crippen molar-refractivity contribution in [1.29, 1.82) is 0 Å². The number of hydrogen-bond acceptors (Lipinski definition) is 4. The molecule has 0 aliphatic carbocycles. The molecule has 1 aromatic heterocycles. The van der Waals surface area contributed by atoms with Crippen LogP contribution in [0.25, 0.3) is 0 Å². The van der Waals surface area contributed by atoms with E-state index in [2.05, 4.69) is 20.8 Å². The predicted octanol–water partition coefficient (Wildman–Crippen LogP) is 3.60. The second kappa shape index (κ2) is 7.53. The van der Waals surface area contributed by atoms with Crippen molar-refractivity contribution in [1.82, 2.24) is 15.5 Å². The fourth-order valence-electron chi connectivity index (χ4n) is 2.21. The lowest BCUT2D eigenvalue weighted by Crippen LogP contribution is -2.24. The van der Waals surface area contributed by atoms with Crippen molar-refractivity contribution >= 4 is 17.4 Å². The molecule has 2 N–H and O–H groups in total. The molecular weight excluding hydrogens is 319 g/mol. The van der Waals surface area contributed by atoms with Crippen molar-refractivity contribution < 1.29 is 9.18 Å². The number of rotatable bonds is 5. The van der Waals surface area contributed by atoms with E-state index in [1.54, 1.807) is 24.3 Å². The third kappa shape index (κ3) is 4.60. The van der Waals surface area contributed by atoms with Gasteiger partial charge in [0, 0.05) is 12.2 Å². The molecule has 25 heavy (non-hydrogen) atoms. The summed E-state index contributed by atoms with van der Waals surface area (Å²) in [5, 5.41) is 13.6. The lowest BCUT2D eigenvalue weighted by Gasteiger charge is -2.07. The zero-order valence-corrected chi connectivity index (χ0v) is 13.7. The average Bonchev–Trinajstić information content (AvgIpc) is 2.62. The Balaban J connectivity index is 1.59. The smallest absolute Gasteiger partial charge is 0.272 e. The van der Waals surface area contributed by atoms with Gasteiger partial charge < -0.3 is 10.6 Å². The molecule has 1 amide bonds. The second-order valence-corrected chi connectivity index (χ2v) is 5.61. The minimum Gasteiger partial charge on any atom is -0.347 e. The number of aryl methyl sites for hydroxylation is 1. The molecule has 0 saturated heterocycles. The summed E-state index contributed by atoms with van der Waals surface area (Å²) in [6.07, 6.45) is 0. The monoisotopic (exact) mass is 336 g/mol. The molecule has 2 aromatic carbocycles. The van der Waals surface area contributed by atoms with Crippen LogP contribution < -0.4 is 10.6 Å². The molecule has 0 radical (unpaired) electrons. The lowest BCUT2D eigenvalue weighted by molar-refractivity contribution is 0.0945. The van der Waals surface area contributed by atoms with Crippen LogP contribution in [0.15, 0.2) is 60.7 Å². The quantitative estimate of drug-likeness (QED) is 0.747. The zero-order chi connectivity index (χ0) is 17.6. The number of hydrogen-bond donors (Lipinski definition) is 2. The van der Waals surface area contributed by atoms with Crippen LogP contribution in [0, 0.1) is 12.7 Å². The summed E-state index contributed by atoms with van der Waals surface area (Å²) in [7, 11) is 0. The van der Waals surface area contributed by atoms with Gasteiger partial charge in [0.05, 0.1) is 0 Å². The number of nitrogens with one attached hydrogen (secondary N) is 2. The molecule has 0 fully saturated rings. The molecule has 1 heterocycles. The lowest BCUT2D eigenvalue weighted by atomic mass is 10.1. The SMILES string of the molecule is Cc1ccc(CNC(=O)c2ccc(Nc3cccc(F)c3)nn2)cc1. The maximum atomic E-state index is 13.2. The Morgan fingerprint density at radius 3 is 2.52 bits per heavy atom. The molecule has 0 aliphatic heterocycles. The van der Waals surface area contributed by atoms with Gasteiger partial charge in [0.1, 0.15) is 5.82 Å². The van der Waals surface area contributed by atoms with Crippen LogP contribution in [0.4, 0.5) is 15.9 Å². The Labute approximate surface area is 144 Å². The van der Waals surface area contributed by atoms with E-state index in [0.717, 1.165) is 5.56 Å². The third-order valence-electron chi connectivity index (χ3n) is 3.57. The zero-order valence-electron chi connectivity index (χ0n) is 13.7. The van der Waals surface area contributed by atoms with E-state index in [1.807, 2.05) is 31.2 Å². The molecule has 6 heteroatoms. The maximum absolute atomic E-state index is 13.2. The molecule has 3 aromatic rings. The fourth-order valence-corrected chi connectivity index (χ4v) is 2.21. The normalized spacial score (nSPS) is 10.3. The minimum atomic E-state index is -0.343. The van der Waals surface area contributed by atoms with E-state index >= 15 is 0 Å². The number of nitrogens with zero attached hydrogens (tertiary/aromatic N) is 2. The topological polar surface area (TPSA) is 66.9 Å². The standard InChI is InChI=1S/C19H17FN4O/c1-13-5-7-14(8-6-13)12-21-19(25)17-9-10-18(24-23-17)22-16-4-2-3-15(20)11-16/h2-11H,12H2,1H3,(H,21,25)(H,22,24). The summed E-state index contributed by atoms with van der Waals surface area (Å²) in [4.78, 5) is 12.1. The molecule has 5 nitrogen and oxygen atoms in total. The number of amides is 1. The Kier molecular flexibility index (Phi) is 4.99. The number of anilines is 2. The van der Waals surface area contributed by atoms with E-state index in [9.17, 15) is 9.18 Å². The summed E-state index contributed by atoms with van der Waals surface area (Å²) < 4.78 is 13.2. The first kappa shape index (κ1) is 16.6. The number of benzene rings is 2. The van der Waals surface area contributed by atoms with Crippen molar-refractivity contribution in [3.05, 3.63) is 83.3 Å². The first-order valence-corrected chi connectivity index (χ1v) is 7.80. The summed E-state index contributed by atoms with van der Waals surface area (Å²) in [6.45, 7) is 2.43. The van der Waals surface area contributed by atoms with E-state index in [-0.39, 0.29) is 17.4 Å². The highest BCUT2D eigenvalue weighted by atomic mass is 19.1. The largest absolute Gasteiger partial charge is 0.347 e. The van der Waals surface area contributed by atoms with Crippen LogP contribution in [0.1, 0.15) is 21.6 Å². The number of halogens is 1. The van der Waals surface area contributed by atoms with E-state index in [1.165, 1.54) is 17.7 Å². The van der Waals surface area contributed by atoms with Crippen LogP contribution >= 0.6 is 0 Å². The first-order chi connectivity index (χ1) is 12.1. The van der Waals surface area contributed by atoms with Crippen LogP contribution in [0.5, 0.6) is 0 Å². The van der Waals surface area contributed by atoms with Crippen molar-refractivity contribution in [2.45, 2.75) is 13.5 Å². The van der Waals surface area contributed by atoms with Gasteiger partial charge in [-0.25, -0.2) is 4.39 Å². The van der Waals surface area contributed by atoms with Gasteiger partial charge in [0.2, 0.25) is 0 Å². The van der Waals surface area contributed by atoms with Gasteiger partial charge in [0.15, 0.2) is 11.5 Å². The molecule has 0 aliphatic rings. The highest BCUT2D eigenvalue weighted by Crippen LogP contribution is 2.14. The Morgan fingerprint density at radius 1 is 1.04 bits per heavy atom. The molecule has 0 saturated carbocycles. The Hall–Kier alpha value is -3.28. The van der Waals surface area contributed by atoms with E-state index < -0.39 is 0 Å². The third-order valence-corrected chi connectivity index (χ3v) is 3.57. The van der Waals surface area contributed by atoms with Gasteiger partial charge in [0.25, 0.3) is 5.91 Å². The number of aromatic nitrogens is 2. The maximum Gasteiger partial charge on any atom is 0.272 e. The molecule has 3 rings (SSSR count). The van der Waals surface area contributed by atoms with Gasteiger partial charge >= 0.3 is 0 Å². The van der Waals surface area contributed by atoms with Crippen LogP contribution in [0.2, 0.25) is 0 Å². The van der Waals surface area contributed by atoms with Crippen LogP contribution in [-0.4, -0.2) is 16.1 Å². The van der Waals surface area contributed by atoms with Gasteiger partial charge in [-0.05, 0) is 42.8 Å². The highest BCUT2D eigenvalue weighted by Gasteiger charge is 2.08. The first-order valence-electron chi connectivity index (χ1n) is 7.80. The predicted molar refractivity (Wildman–Crippen MR) is 94.1 cm³/mol. The van der Waals surface area contributed by atoms with E-state index in [0.29, 0.717) is 18.1 Å². The summed E-state index contributed by atoms with van der Waals surface area (Å²) in [6, 6.07) is 17.1. The fraction of sp³-hybridized carbons (Fsp3) is 0.105. The molecule has 0 atom stereocenters. The summed E-state index contributed by atoms with van der Waals surface area (Å²) >= 11 is 0. The molecule has 126 valence electrons. The van der Waals surface area contributed by atoms with Gasteiger partial charge in [-0.1, -0.05) is 35.9 Å². The van der Waals surface area contributed by atoms with Gasteiger partial charge in [-0.2, -0.15) is 0 Å². The minimum absolute atomic E-state index is 0.219. The van der Waals surface area contributed by atoms with Crippen molar-refractivity contribution in [3.63, 3.8) is 0 Å². The highest BCUT2D eigenvalue weighted by molar-refractivity contribution is 5.92. The van der Waals surface area contributed by atoms with Crippen molar-refractivity contribution in [3.8, 4) is 0 Å². The van der Waals surface area contributed by atoms with Crippen LogP contribution in [-0.2, 0) is 6.54 Å². The van der Waals surface area contributed by atoms with Crippen LogP contribution in [0.3, 0.4) is 0 Å². The second-order valence-electron chi connectivity index (χ2n) is 5.61. The van der Waals surface area contributed by atoms with Crippen molar-refractivity contribution in [2.75, 3.05) is 5.32 Å². The number of carbonyl (C=O) groups is 1. The molecule has 0 bridgehead atoms. The Bertz CT molecular complexity index is 863. The Morgan fingerprint density at radius 2 is 1.84 bits per heavy atom. The summed E-state index contributed by atoms with van der Waals surface area (Å²) in [5.41, 5.74) is 2.96. The molecule has 0 spiro atoms. The molecular formula is C19H17FN4O. The van der Waals surface area contributed by atoms with Gasteiger partial charge in [-0.3, -0.25) is 4.79 Å². The number of carbonyl (C=O) groups excluding carboxylic acids is 1.